The molecule has 2 amide bonds. The van der Waals surface area contributed by atoms with Gasteiger partial charge in [0.25, 0.3) is 0 Å². The van der Waals surface area contributed by atoms with E-state index in [0.717, 1.165) is 55.0 Å². The molecule has 2 aliphatic rings. The van der Waals surface area contributed by atoms with Crippen molar-refractivity contribution >= 4 is 22.5 Å². The number of urea groups is 1. The van der Waals surface area contributed by atoms with E-state index in [9.17, 15) is 4.79 Å². The van der Waals surface area contributed by atoms with Crippen LogP contribution in [0, 0.1) is 12.8 Å². The molecule has 0 bridgehead atoms. The average molecular weight is 428 g/mol. The van der Waals surface area contributed by atoms with Gasteiger partial charge in [0.1, 0.15) is 0 Å². The van der Waals surface area contributed by atoms with E-state index in [2.05, 4.69) is 56.7 Å². The zero-order chi connectivity index (χ0) is 20.9. The van der Waals surface area contributed by atoms with E-state index < -0.39 is 0 Å². The molecule has 6 nitrogen and oxygen atoms in total. The van der Waals surface area contributed by atoms with E-state index >= 15 is 0 Å². The fourth-order valence-electron chi connectivity index (χ4n) is 4.12. The summed E-state index contributed by atoms with van der Waals surface area (Å²) in [6, 6.07) is 8.72. The van der Waals surface area contributed by atoms with Crippen molar-refractivity contribution in [3.8, 4) is 0 Å². The summed E-state index contributed by atoms with van der Waals surface area (Å²) in [6.07, 6.45) is 2.61. The lowest BCUT2D eigenvalue weighted by molar-refractivity contribution is 0.185. The number of aromatic nitrogens is 1. The molecule has 30 heavy (non-hydrogen) atoms. The van der Waals surface area contributed by atoms with Gasteiger partial charge in [0.05, 0.1) is 5.69 Å². The highest BCUT2D eigenvalue weighted by Gasteiger charge is 2.22. The summed E-state index contributed by atoms with van der Waals surface area (Å²) in [4.78, 5) is 23.8. The zero-order valence-corrected chi connectivity index (χ0v) is 19.0. The normalized spacial score (nSPS) is 18.6. The maximum Gasteiger partial charge on any atom is 0.317 e. The molecular weight excluding hydrogens is 394 g/mol. The van der Waals surface area contributed by atoms with Crippen LogP contribution in [0.15, 0.2) is 29.6 Å². The quantitative estimate of drug-likeness (QED) is 0.790. The molecule has 0 unspecified atom stereocenters. The van der Waals surface area contributed by atoms with E-state index in [-0.39, 0.29) is 6.03 Å². The zero-order valence-electron chi connectivity index (χ0n) is 18.1. The Balaban J connectivity index is 1.19. The molecule has 1 aromatic heterocycles. The van der Waals surface area contributed by atoms with Gasteiger partial charge in [-0.25, -0.2) is 9.78 Å². The maximum absolute atomic E-state index is 12.6. The Morgan fingerprint density at radius 2 is 1.73 bits per heavy atom. The van der Waals surface area contributed by atoms with Crippen molar-refractivity contribution in [1.29, 1.82) is 0 Å². The number of thiazole rings is 1. The third-order valence-corrected chi connectivity index (χ3v) is 7.21. The Bertz CT molecular complexity index is 820. The minimum Gasteiger partial charge on any atom is -0.345 e. The van der Waals surface area contributed by atoms with Crippen LogP contribution in [0.2, 0.25) is 0 Å². The van der Waals surface area contributed by atoms with Gasteiger partial charge in [-0.2, -0.15) is 0 Å². The smallest absolute Gasteiger partial charge is 0.317 e. The second-order valence-electron chi connectivity index (χ2n) is 8.68. The summed E-state index contributed by atoms with van der Waals surface area (Å²) in [5, 5.41) is 6.22. The third kappa shape index (κ3) is 5.52. The lowest BCUT2D eigenvalue weighted by Crippen LogP contribution is -2.51. The number of rotatable bonds is 5. The summed E-state index contributed by atoms with van der Waals surface area (Å²) in [5.74, 6) is 0.867. The molecule has 0 saturated carbocycles. The minimum atomic E-state index is 0.0245. The number of carbonyl (C=O) groups excluding carboxylic acids is 1. The molecule has 2 aliphatic heterocycles. The molecule has 0 atom stereocenters. The van der Waals surface area contributed by atoms with E-state index in [1.165, 1.54) is 31.5 Å². The predicted octanol–water partition coefficient (Wildman–Crippen LogP) is 3.72. The average Bonchev–Trinajstić information content (AvgIpc) is 3.21. The Hall–Kier alpha value is -2.12. The first kappa shape index (κ1) is 21.1. The van der Waals surface area contributed by atoms with Crippen molar-refractivity contribution in [2.75, 3.05) is 44.2 Å². The third-order valence-electron chi connectivity index (χ3n) is 6.19. The van der Waals surface area contributed by atoms with Crippen molar-refractivity contribution in [2.24, 2.45) is 5.92 Å². The standard InChI is InChI=1S/C23H33N5OS/c1-18-7-9-26(10-8-18)16-21-5-3-20(4-6-21)15-24-22(29)27-11-13-28(14-12-27)23-25-19(2)17-30-23/h3-6,17-18H,7-16H2,1-2H3,(H,24,29). The van der Waals surface area contributed by atoms with Crippen molar-refractivity contribution < 1.29 is 4.79 Å². The number of benzene rings is 1. The van der Waals surface area contributed by atoms with Gasteiger partial charge in [-0.1, -0.05) is 31.2 Å². The van der Waals surface area contributed by atoms with Crippen LogP contribution in [0.3, 0.4) is 0 Å². The Morgan fingerprint density at radius 1 is 1.07 bits per heavy atom. The number of anilines is 1. The van der Waals surface area contributed by atoms with Crippen molar-refractivity contribution in [3.05, 3.63) is 46.5 Å². The van der Waals surface area contributed by atoms with Crippen LogP contribution in [0.25, 0.3) is 0 Å². The van der Waals surface area contributed by atoms with Crippen LogP contribution in [0.5, 0.6) is 0 Å². The number of amides is 2. The fourth-order valence-corrected chi connectivity index (χ4v) is 4.98. The molecule has 2 aromatic rings. The maximum atomic E-state index is 12.6. The van der Waals surface area contributed by atoms with Gasteiger partial charge < -0.3 is 15.1 Å². The van der Waals surface area contributed by atoms with E-state index in [1.807, 2.05) is 11.8 Å². The highest BCUT2D eigenvalue weighted by Crippen LogP contribution is 2.21. The lowest BCUT2D eigenvalue weighted by atomic mass is 9.99. The van der Waals surface area contributed by atoms with E-state index in [4.69, 9.17) is 0 Å². The minimum absolute atomic E-state index is 0.0245. The van der Waals surface area contributed by atoms with Gasteiger partial charge in [-0.15, -0.1) is 11.3 Å². The molecular formula is C23H33N5OS. The molecule has 3 heterocycles. The largest absolute Gasteiger partial charge is 0.345 e. The molecule has 1 aromatic carbocycles. The number of hydrogen-bond donors (Lipinski definition) is 1. The van der Waals surface area contributed by atoms with Crippen LogP contribution in [0.4, 0.5) is 9.93 Å². The van der Waals surface area contributed by atoms with E-state index in [0.29, 0.717) is 6.54 Å². The molecule has 4 rings (SSSR count). The summed E-state index contributed by atoms with van der Waals surface area (Å²) in [7, 11) is 0. The van der Waals surface area contributed by atoms with Crippen molar-refractivity contribution in [2.45, 2.75) is 39.8 Å². The summed E-state index contributed by atoms with van der Waals surface area (Å²) < 4.78 is 0. The van der Waals surface area contributed by atoms with Gasteiger partial charge in [0, 0.05) is 44.6 Å². The van der Waals surface area contributed by atoms with Crippen LogP contribution in [-0.2, 0) is 13.1 Å². The Labute approximate surface area is 183 Å². The first-order chi connectivity index (χ1) is 14.6. The summed E-state index contributed by atoms with van der Waals surface area (Å²) >= 11 is 1.68. The predicted molar refractivity (Wildman–Crippen MR) is 123 cm³/mol. The number of nitrogens with zero attached hydrogens (tertiary/aromatic N) is 4. The topological polar surface area (TPSA) is 51.7 Å². The molecule has 1 N–H and O–H groups in total. The molecule has 0 radical (unpaired) electrons. The number of piperazine rings is 1. The number of hydrogen-bond acceptors (Lipinski definition) is 5. The molecule has 0 aliphatic carbocycles. The highest BCUT2D eigenvalue weighted by atomic mass is 32.1. The van der Waals surface area contributed by atoms with E-state index in [1.54, 1.807) is 11.3 Å². The van der Waals surface area contributed by atoms with Crippen LogP contribution >= 0.6 is 11.3 Å². The Morgan fingerprint density at radius 3 is 2.37 bits per heavy atom. The molecule has 162 valence electrons. The van der Waals surface area contributed by atoms with Crippen LogP contribution in [-0.4, -0.2) is 60.1 Å². The first-order valence-electron chi connectivity index (χ1n) is 11.1. The van der Waals surface area contributed by atoms with Gasteiger partial charge in [0.15, 0.2) is 5.13 Å². The Kier molecular flexibility index (Phi) is 6.89. The number of nitrogens with one attached hydrogen (secondary N) is 1. The second kappa shape index (κ2) is 9.79. The van der Waals surface area contributed by atoms with Gasteiger partial charge in [0.2, 0.25) is 0 Å². The summed E-state index contributed by atoms with van der Waals surface area (Å²) in [5.41, 5.74) is 3.57. The van der Waals surface area contributed by atoms with Gasteiger partial charge >= 0.3 is 6.03 Å². The van der Waals surface area contributed by atoms with Crippen molar-refractivity contribution in [1.82, 2.24) is 20.1 Å². The fraction of sp³-hybridized carbons (Fsp3) is 0.565. The number of carbonyl (C=O) groups is 1. The number of likely N-dealkylation sites (tertiary alicyclic amines) is 1. The van der Waals surface area contributed by atoms with Gasteiger partial charge in [-0.05, 0) is 49.9 Å². The lowest BCUT2D eigenvalue weighted by Gasteiger charge is -2.34. The molecule has 0 spiro atoms. The van der Waals surface area contributed by atoms with Crippen molar-refractivity contribution in [3.63, 3.8) is 0 Å². The van der Waals surface area contributed by atoms with Crippen LogP contribution < -0.4 is 10.2 Å². The number of piperidine rings is 1. The monoisotopic (exact) mass is 427 g/mol. The summed E-state index contributed by atoms with van der Waals surface area (Å²) in [6.45, 7) is 11.5. The number of aryl methyl sites for hydroxylation is 1. The molecule has 7 heteroatoms. The van der Waals surface area contributed by atoms with Crippen LogP contribution in [0.1, 0.15) is 36.6 Å². The molecule has 2 saturated heterocycles. The SMILES string of the molecule is Cc1csc(N2CCN(C(=O)NCc3ccc(CN4CCC(C)CC4)cc3)CC2)n1. The highest BCUT2D eigenvalue weighted by molar-refractivity contribution is 7.13. The molecule has 2 fully saturated rings. The van der Waals surface area contributed by atoms with Gasteiger partial charge in [-0.3, -0.25) is 4.90 Å². The first-order valence-corrected chi connectivity index (χ1v) is 11.9. The second-order valence-corrected chi connectivity index (χ2v) is 9.52.